The number of hydrogen-bond donors (Lipinski definition) is 1. The summed E-state index contributed by atoms with van der Waals surface area (Å²) < 4.78 is 25.8. The number of benzene rings is 2. The molecule has 1 unspecified atom stereocenters. The number of amides is 1. The Balaban J connectivity index is 1.58. The number of sulfone groups is 1. The average molecular weight is 484 g/mol. The molecule has 0 spiro atoms. The topological polar surface area (TPSA) is 81.1 Å². The molecule has 1 N–H and O–H groups in total. The van der Waals surface area contributed by atoms with Gasteiger partial charge in [-0.3, -0.25) is 9.36 Å². The van der Waals surface area contributed by atoms with Crippen LogP contribution in [-0.2, 0) is 14.6 Å². The molecule has 33 heavy (non-hydrogen) atoms. The first kappa shape index (κ1) is 23.6. The maximum absolute atomic E-state index is 12.7. The van der Waals surface area contributed by atoms with Gasteiger partial charge in [-0.15, -0.1) is 0 Å². The molecule has 3 aromatic rings. The van der Waals surface area contributed by atoms with Crippen molar-refractivity contribution in [3.63, 3.8) is 0 Å². The minimum atomic E-state index is -3.08. The van der Waals surface area contributed by atoms with E-state index in [2.05, 4.69) is 53.0 Å². The average Bonchev–Trinajstić information content (AvgIpc) is 3.32. The predicted molar refractivity (Wildman–Crippen MR) is 134 cm³/mol. The summed E-state index contributed by atoms with van der Waals surface area (Å²) in [4.78, 5) is 17.3. The highest BCUT2D eigenvalue weighted by molar-refractivity contribution is 7.99. The fourth-order valence-corrected chi connectivity index (χ4v) is 7.00. The summed E-state index contributed by atoms with van der Waals surface area (Å²) in [5, 5.41) is 3.64. The van der Waals surface area contributed by atoms with Gasteiger partial charge in [0, 0.05) is 11.3 Å². The first-order valence-electron chi connectivity index (χ1n) is 11.0. The second kappa shape index (κ2) is 9.35. The first-order valence-corrected chi connectivity index (χ1v) is 13.8. The van der Waals surface area contributed by atoms with E-state index in [1.165, 1.54) is 17.3 Å². The smallest absolute Gasteiger partial charge is 0.230 e. The minimum absolute atomic E-state index is 0.00854. The zero-order valence-corrected chi connectivity index (χ0v) is 20.7. The Labute approximate surface area is 199 Å². The van der Waals surface area contributed by atoms with Gasteiger partial charge >= 0.3 is 0 Å². The van der Waals surface area contributed by atoms with E-state index in [0.717, 1.165) is 16.9 Å². The molecule has 2 aromatic carbocycles. The summed E-state index contributed by atoms with van der Waals surface area (Å²) in [6, 6.07) is 18.4. The summed E-state index contributed by atoms with van der Waals surface area (Å²) in [6.07, 6.45) is 2.28. The van der Waals surface area contributed by atoms with E-state index >= 15 is 0 Å². The molecule has 8 heteroatoms. The van der Waals surface area contributed by atoms with Gasteiger partial charge in [-0.1, -0.05) is 68.1 Å². The van der Waals surface area contributed by atoms with Gasteiger partial charge in [0.2, 0.25) is 5.91 Å². The van der Waals surface area contributed by atoms with Crippen LogP contribution in [0.15, 0.2) is 66.0 Å². The lowest BCUT2D eigenvalue weighted by atomic mass is 10.0. The lowest BCUT2D eigenvalue weighted by Crippen LogP contribution is -2.47. The van der Waals surface area contributed by atoms with Crippen LogP contribution in [0, 0.1) is 0 Å². The number of hydrogen-bond acceptors (Lipinski definition) is 5. The van der Waals surface area contributed by atoms with Gasteiger partial charge in [0.05, 0.1) is 34.7 Å². The lowest BCUT2D eigenvalue weighted by molar-refractivity contribution is -0.120. The SMILES string of the molecule is CC(C)c1ccc(-n2c(-c3ccccc3)cnc2SCC(=O)NC2(C)CCS(=O)(=O)C2)cc1. The fraction of sp³-hybridized carbons (Fsp3) is 0.360. The van der Waals surface area contributed by atoms with Crippen molar-refractivity contribution in [3.8, 4) is 16.9 Å². The normalized spacial score (nSPS) is 19.6. The summed E-state index contributed by atoms with van der Waals surface area (Å²) in [5.41, 5.74) is 3.52. The number of imidazole rings is 1. The Bertz CT molecular complexity index is 1240. The molecular formula is C25H29N3O3S2. The molecule has 1 aromatic heterocycles. The van der Waals surface area contributed by atoms with Gasteiger partial charge in [-0.2, -0.15) is 0 Å². The lowest BCUT2D eigenvalue weighted by Gasteiger charge is -2.23. The Hall–Kier alpha value is -2.58. The van der Waals surface area contributed by atoms with Crippen LogP contribution in [0.2, 0.25) is 0 Å². The highest BCUT2D eigenvalue weighted by Crippen LogP contribution is 2.31. The summed E-state index contributed by atoms with van der Waals surface area (Å²) in [5.74, 6) is 0.518. The van der Waals surface area contributed by atoms with E-state index in [1.807, 2.05) is 36.5 Å². The van der Waals surface area contributed by atoms with E-state index < -0.39 is 15.4 Å². The number of nitrogens with zero attached hydrogens (tertiary/aromatic N) is 2. The van der Waals surface area contributed by atoms with E-state index in [9.17, 15) is 13.2 Å². The second-order valence-corrected chi connectivity index (χ2v) is 12.2. The summed E-state index contributed by atoms with van der Waals surface area (Å²) in [6.45, 7) is 6.13. The number of rotatable bonds is 7. The third kappa shape index (κ3) is 5.50. The molecule has 1 amide bonds. The largest absolute Gasteiger partial charge is 0.349 e. The van der Waals surface area contributed by atoms with Crippen LogP contribution >= 0.6 is 11.8 Å². The molecule has 0 saturated carbocycles. The Morgan fingerprint density at radius 2 is 1.85 bits per heavy atom. The Morgan fingerprint density at radius 3 is 2.45 bits per heavy atom. The van der Waals surface area contributed by atoms with Crippen LogP contribution in [0.5, 0.6) is 0 Å². The van der Waals surface area contributed by atoms with E-state index in [0.29, 0.717) is 17.5 Å². The molecule has 2 heterocycles. The van der Waals surface area contributed by atoms with Crippen LogP contribution in [0.25, 0.3) is 16.9 Å². The van der Waals surface area contributed by atoms with Crippen LogP contribution in [0.3, 0.4) is 0 Å². The molecule has 0 aliphatic carbocycles. The van der Waals surface area contributed by atoms with Crippen molar-refractivity contribution in [2.24, 2.45) is 0 Å². The summed E-state index contributed by atoms with van der Waals surface area (Å²) >= 11 is 1.35. The van der Waals surface area contributed by atoms with Gasteiger partial charge in [0.25, 0.3) is 0 Å². The molecule has 1 saturated heterocycles. The monoisotopic (exact) mass is 483 g/mol. The maximum Gasteiger partial charge on any atom is 0.230 e. The van der Waals surface area contributed by atoms with Crippen LogP contribution in [-0.4, -0.2) is 46.7 Å². The predicted octanol–water partition coefficient (Wildman–Crippen LogP) is 4.45. The molecule has 1 aliphatic rings. The van der Waals surface area contributed by atoms with Crippen molar-refractivity contribution in [2.45, 2.75) is 43.8 Å². The van der Waals surface area contributed by atoms with Crippen molar-refractivity contribution in [2.75, 3.05) is 17.3 Å². The third-order valence-corrected chi connectivity index (χ3v) is 8.75. The number of thioether (sulfide) groups is 1. The molecule has 4 rings (SSSR count). The Kier molecular flexibility index (Phi) is 6.68. The summed E-state index contributed by atoms with van der Waals surface area (Å²) in [7, 11) is -3.08. The number of carbonyl (C=O) groups is 1. The van der Waals surface area contributed by atoms with Crippen molar-refractivity contribution in [1.29, 1.82) is 0 Å². The molecule has 0 radical (unpaired) electrons. The second-order valence-electron chi connectivity index (χ2n) is 9.11. The molecule has 174 valence electrons. The quantitative estimate of drug-likeness (QED) is 0.502. The molecule has 0 bridgehead atoms. The van der Waals surface area contributed by atoms with Crippen LogP contribution in [0.1, 0.15) is 38.7 Å². The minimum Gasteiger partial charge on any atom is -0.349 e. The fourth-order valence-electron chi connectivity index (χ4n) is 4.12. The van der Waals surface area contributed by atoms with Crippen molar-refractivity contribution >= 4 is 27.5 Å². The van der Waals surface area contributed by atoms with Gasteiger partial charge in [-0.05, 0) is 37.0 Å². The standard InChI is InChI=1S/C25H29N3O3S2/c1-18(2)19-9-11-21(12-10-19)28-22(20-7-5-4-6-8-20)15-26-24(28)32-16-23(29)27-25(3)13-14-33(30,31)17-25/h4-12,15,18H,13-14,16-17H2,1-3H3,(H,27,29). The maximum atomic E-state index is 12.7. The van der Waals surface area contributed by atoms with Crippen LogP contribution < -0.4 is 5.32 Å². The number of carbonyl (C=O) groups excluding carboxylic acids is 1. The molecule has 6 nitrogen and oxygen atoms in total. The number of aromatic nitrogens is 2. The van der Waals surface area contributed by atoms with E-state index in [4.69, 9.17) is 0 Å². The highest BCUT2D eigenvalue weighted by Gasteiger charge is 2.39. The first-order chi connectivity index (χ1) is 15.7. The molecule has 1 fully saturated rings. The van der Waals surface area contributed by atoms with E-state index in [1.54, 1.807) is 6.92 Å². The molecular weight excluding hydrogens is 454 g/mol. The third-order valence-electron chi connectivity index (χ3n) is 5.89. The highest BCUT2D eigenvalue weighted by atomic mass is 32.2. The van der Waals surface area contributed by atoms with Crippen molar-refractivity contribution in [3.05, 3.63) is 66.4 Å². The zero-order valence-electron chi connectivity index (χ0n) is 19.1. The van der Waals surface area contributed by atoms with Gasteiger partial charge < -0.3 is 5.32 Å². The molecule has 1 atom stereocenters. The Morgan fingerprint density at radius 1 is 1.15 bits per heavy atom. The van der Waals surface area contributed by atoms with E-state index in [-0.39, 0.29) is 23.2 Å². The van der Waals surface area contributed by atoms with Gasteiger partial charge in [0.15, 0.2) is 15.0 Å². The van der Waals surface area contributed by atoms with Crippen molar-refractivity contribution < 1.29 is 13.2 Å². The van der Waals surface area contributed by atoms with Gasteiger partial charge in [-0.25, -0.2) is 13.4 Å². The van der Waals surface area contributed by atoms with Gasteiger partial charge in [0.1, 0.15) is 0 Å². The van der Waals surface area contributed by atoms with Crippen molar-refractivity contribution in [1.82, 2.24) is 14.9 Å². The number of nitrogens with one attached hydrogen (secondary N) is 1. The van der Waals surface area contributed by atoms with Crippen LogP contribution in [0.4, 0.5) is 0 Å². The molecule has 1 aliphatic heterocycles. The zero-order chi connectivity index (χ0) is 23.6.